The number of carboxylic acids is 1. The van der Waals surface area contributed by atoms with E-state index in [2.05, 4.69) is 6.07 Å². The van der Waals surface area contributed by atoms with Crippen LogP contribution in [0.3, 0.4) is 0 Å². The van der Waals surface area contributed by atoms with Gasteiger partial charge in [-0.15, -0.1) is 11.8 Å². The van der Waals surface area contributed by atoms with Gasteiger partial charge in [-0.25, -0.2) is 0 Å². The number of nitriles is 1. The summed E-state index contributed by atoms with van der Waals surface area (Å²) < 4.78 is 0. The molecule has 2 atom stereocenters. The monoisotopic (exact) mass is 239 g/mol. The lowest BCUT2D eigenvalue weighted by Crippen LogP contribution is -2.03. The van der Waals surface area contributed by atoms with Crippen LogP contribution in [0.2, 0.25) is 0 Å². The van der Waals surface area contributed by atoms with Gasteiger partial charge in [-0.05, 0) is 11.3 Å². The van der Waals surface area contributed by atoms with Gasteiger partial charge in [0.25, 0.3) is 0 Å². The Bertz CT molecular complexity index is 366. The van der Waals surface area contributed by atoms with Gasteiger partial charge in [0.05, 0.1) is 10.8 Å². The third-order valence-corrected chi connectivity index (χ3v) is 3.93. The first-order valence-electron chi connectivity index (χ1n) is 5.32. The number of aliphatic carboxylic acids is 1. The molecule has 1 fully saturated rings. The van der Waals surface area contributed by atoms with E-state index in [0.29, 0.717) is 10.2 Å². The van der Waals surface area contributed by atoms with Crippen molar-refractivity contribution < 1.29 is 9.90 Å². The highest BCUT2D eigenvalue weighted by atomic mass is 32.2. The number of nitrogens with zero attached hydrogens (tertiary/aromatic N) is 1. The molecule has 1 rings (SSSR count). The molecule has 0 radical (unpaired) electrons. The molecular formula is C12H17NO2S. The zero-order chi connectivity index (χ0) is 12.5. The third-order valence-electron chi connectivity index (χ3n) is 2.98. The van der Waals surface area contributed by atoms with E-state index in [9.17, 15) is 4.79 Å². The van der Waals surface area contributed by atoms with Gasteiger partial charge < -0.3 is 5.11 Å². The van der Waals surface area contributed by atoms with Gasteiger partial charge in [-0.1, -0.05) is 33.8 Å². The van der Waals surface area contributed by atoms with Crippen LogP contribution in [0.25, 0.3) is 0 Å². The lowest BCUT2D eigenvalue weighted by Gasteiger charge is -2.02. The fourth-order valence-corrected chi connectivity index (χ4v) is 2.77. The fraction of sp³-hybridized carbons (Fsp3) is 0.667. The minimum absolute atomic E-state index is 0.00843. The van der Waals surface area contributed by atoms with Crippen molar-refractivity contribution in [2.45, 2.75) is 32.9 Å². The number of hydrogen-bond donors (Lipinski definition) is 1. The van der Waals surface area contributed by atoms with E-state index in [-0.39, 0.29) is 17.3 Å². The topological polar surface area (TPSA) is 61.1 Å². The summed E-state index contributed by atoms with van der Waals surface area (Å²) in [7, 11) is 0. The number of rotatable bonds is 4. The van der Waals surface area contributed by atoms with Gasteiger partial charge in [-0.2, -0.15) is 5.26 Å². The number of hydrogen-bond acceptors (Lipinski definition) is 3. The van der Waals surface area contributed by atoms with Crippen molar-refractivity contribution in [2.24, 2.45) is 17.3 Å². The summed E-state index contributed by atoms with van der Waals surface area (Å²) in [5.41, 5.74) is -0.217. The van der Waals surface area contributed by atoms with E-state index < -0.39 is 5.97 Å². The van der Waals surface area contributed by atoms with Crippen LogP contribution in [-0.2, 0) is 4.79 Å². The molecule has 0 spiro atoms. The van der Waals surface area contributed by atoms with Gasteiger partial charge in [0.15, 0.2) is 0 Å². The van der Waals surface area contributed by atoms with Crippen LogP contribution in [0.5, 0.6) is 0 Å². The molecule has 16 heavy (non-hydrogen) atoms. The molecule has 1 aliphatic carbocycles. The summed E-state index contributed by atoms with van der Waals surface area (Å²) in [6, 6.07) is 2.13. The summed E-state index contributed by atoms with van der Waals surface area (Å²) in [6.45, 7) is 7.90. The Kier molecular flexibility index (Phi) is 3.69. The minimum atomic E-state index is -0.766. The highest BCUT2D eigenvalue weighted by molar-refractivity contribution is 8.03. The quantitative estimate of drug-likeness (QED) is 0.766. The normalized spacial score (nSPS) is 27.6. The van der Waals surface area contributed by atoms with E-state index in [1.807, 2.05) is 33.8 Å². The summed E-state index contributed by atoms with van der Waals surface area (Å²) in [5, 5.41) is 18.3. The number of allylic oxidation sites excluding steroid dienone is 2. The Balaban J connectivity index is 2.78. The molecule has 88 valence electrons. The molecule has 0 bridgehead atoms. The largest absolute Gasteiger partial charge is 0.481 e. The molecule has 0 aromatic heterocycles. The Morgan fingerprint density at radius 3 is 2.44 bits per heavy atom. The van der Waals surface area contributed by atoms with Crippen molar-refractivity contribution >= 4 is 17.7 Å². The van der Waals surface area contributed by atoms with E-state index in [1.54, 1.807) is 0 Å². The fourth-order valence-electron chi connectivity index (χ4n) is 1.98. The Morgan fingerprint density at radius 2 is 2.12 bits per heavy atom. The van der Waals surface area contributed by atoms with Crippen molar-refractivity contribution in [3.8, 4) is 6.07 Å². The first kappa shape index (κ1) is 13.1. The van der Waals surface area contributed by atoms with Gasteiger partial charge in [-0.3, -0.25) is 4.79 Å². The third kappa shape index (κ3) is 2.59. The predicted molar refractivity (Wildman–Crippen MR) is 64.8 cm³/mol. The van der Waals surface area contributed by atoms with Crippen LogP contribution in [-0.4, -0.2) is 16.3 Å². The first-order valence-corrected chi connectivity index (χ1v) is 6.20. The second-order valence-corrected chi connectivity index (χ2v) is 6.59. The minimum Gasteiger partial charge on any atom is -0.481 e. The van der Waals surface area contributed by atoms with Crippen LogP contribution >= 0.6 is 11.8 Å². The molecule has 0 saturated heterocycles. The number of thioether (sulfide) groups is 1. The maximum atomic E-state index is 11.0. The van der Waals surface area contributed by atoms with Crippen molar-refractivity contribution in [3.63, 3.8) is 0 Å². The molecule has 1 N–H and O–H groups in total. The van der Waals surface area contributed by atoms with Gasteiger partial charge >= 0.3 is 5.97 Å². The highest BCUT2D eigenvalue weighted by Crippen LogP contribution is 2.59. The van der Waals surface area contributed by atoms with Gasteiger partial charge in [0.1, 0.15) is 6.07 Å². The van der Waals surface area contributed by atoms with Crippen molar-refractivity contribution in [3.05, 3.63) is 11.0 Å². The molecule has 3 nitrogen and oxygen atoms in total. The summed E-state index contributed by atoms with van der Waals surface area (Å²) in [5.74, 6) is -1.12. The van der Waals surface area contributed by atoms with Crippen LogP contribution in [0.1, 0.15) is 27.7 Å². The van der Waals surface area contributed by atoms with Crippen molar-refractivity contribution in [2.75, 3.05) is 0 Å². The van der Waals surface area contributed by atoms with E-state index in [1.165, 1.54) is 11.8 Å². The predicted octanol–water partition coefficient (Wildman–Crippen LogP) is 2.89. The van der Waals surface area contributed by atoms with Gasteiger partial charge in [0, 0.05) is 5.25 Å². The molecule has 0 aromatic rings. The summed E-state index contributed by atoms with van der Waals surface area (Å²) in [6.07, 6.45) is 1.82. The molecule has 0 heterocycles. The van der Waals surface area contributed by atoms with Crippen LogP contribution < -0.4 is 0 Å². The SMILES string of the molecule is CC(C)S/C(C#N)=C/[C@H]1C(C(=O)O)C1(C)C. The van der Waals surface area contributed by atoms with Crippen LogP contribution in [0.15, 0.2) is 11.0 Å². The lowest BCUT2D eigenvalue weighted by atomic mass is 10.1. The second kappa shape index (κ2) is 4.50. The second-order valence-electron chi connectivity index (χ2n) is 4.97. The summed E-state index contributed by atoms with van der Waals surface area (Å²) in [4.78, 5) is 11.6. The van der Waals surface area contributed by atoms with Crippen molar-refractivity contribution in [1.82, 2.24) is 0 Å². The number of carbonyl (C=O) groups is 1. The molecule has 4 heteroatoms. The Hall–Kier alpha value is -0.950. The highest BCUT2D eigenvalue weighted by Gasteiger charge is 2.61. The maximum absolute atomic E-state index is 11.0. The van der Waals surface area contributed by atoms with E-state index >= 15 is 0 Å². The standard InChI is InChI=1S/C12H17NO2S/c1-7(2)16-8(6-13)5-9-10(11(14)15)12(9,3)4/h5,7,9-10H,1-4H3,(H,14,15)/b8-5+/t9-,10?/m0/s1. The zero-order valence-corrected chi connectivity index (χ0v) is 10.8. The number of carboxylic acid groups (broad SMARTS) is 1. The van der Waals surface area contributed by atoms with Crippen LogP contribution in [0, 0.1) is 28.6 Å². The molecule has 0 aromatic carbocycles. The van der Waals surface area contributed by atoms with Gasteiger partial charge in [0.2, 0.25) is 0 Å². The lowest BCUT2D eigenvalue weighted by molar-refractivity contribution is -0.139. The van der Waals surface area contributed by atoms with Crippen molar-refractivity contribution in [1.29, 1.82) is 5.26 Å². The first-order chi connectivity index (χ1) is 7.30. The molecule has 1 saturated carbocycles. The average Bonchev–Trinajstić information content (AvgIpc) is 2.66. The van der Waals surface area contributed by atoms with E-state index in [4.69, 9.17) is 10.4 Å². The Morgan fingerprint density at radius 1 is 1.56 bits per heavy atom. The smallest absolute Gasteiger partial charge is 0.307 e. The zero-order valence-electron chi connectivity index (χ0n) is 10.0. The van der Waals surface area contributed by atoms with E-state index in [0.717, 1.165) is 0 Å². The molecular weight excluding hydrogens is 222 g/mol. The molecule has 0 aliphatic heterocycles. The molecule has 1 aliphatic rings. The summed E-state index contributed by atoms with van der Waals surface area (Å²) >= 11 is 1.49. The molecule has 1 unspecified atom stereocenters. The molecule has 0 amide bonds. The maximum Gasteiger partial charge on any atom is 0.307 e. The van der Waals surface area contributed by atoms with Crippen LogP contribution in [0.4, 0.5) is 0 Å². The Labute approximate surface area is 101 Å². The average molecular weight is 239 g/mol.